The number of benzene rings is 1. The van der Waals surface area contributed by atoms with Crippen LogP contribution in [-0.4, -0.2) is 28.8 Å². The van der Waals surface area contributed by atoms with Crippen molar-refractivity contribution in [2.75, 3.05) is 6.54 Å². The van der Waals surface area contributed by atoms with Gasteiger partial charge in [0.2, 0.25) is 5.91 Å². The summed E-state index contributed by atoms with van der Waals surface area (Å²) in [5.74, 6) is -0.244. The molecule has 2 fully saturated rings. The molecule has 1 saturated heterocycles. The topological polar surface area (TPSA) is 85.1 Å². The zero-order valence-electron chi connectivity index (χ0n) is 14.5. The van der Waals surface area contributed by atoms with Gasteiger partial charge in [-0.25, -0.2) is 4.98 Å². The molecule has 135 valence electrons. The molecule has 2 aromatic rings. The molecule has 1 radical (unpaired) electrons. The first-order valence-corrected chi connectivity index (χ1v) is 9.92. The molecule has 5 nitrogen and oxygen atoms in total. The summed E-state index contributed by atoms with van der Waals surface area (Å²) in [7, 11) is 0. The lowest BCUT2D eigenvalue weighted by atomic mass is 9.83. The third kappa shape index (κ3) is 3.31. The Morgan fingerprint density at radius 3 is 2.62 bits per heavy atom. The Morgan fingerprint density at radius 2 is 2.00 bits per heavy atom. The zero-order chi connectivity index (χ0) is 18.1. The summed E-state index contributed by atoms with van der Waals surface area (Å²) >= 11 is 1.59. The molecule has 0 spiro atoms. The number of nitrogens with one attached hydrogen (secondary N) is 1. The van der Waals surface area contributed by atoms with E-state index in [0.717, 1.165) is 41.1 Å². The number of Topliss-reactive ketones (excluding diaryl/α,β-unsaturated/α-hetero) is 1. The number of primary amides is 1. The molecule has 1 unspecified atom stereocenters. The van der Waals surface area contributed by atoms with Crippen LogP contribution in [0.4, 0.5) is 0 Å². The molecule has 4 rings (SSSR count). The predicted octanol–water partition coefficient (Wildman–Crippen LogP) is 3.07. The number of rotatable bonds is 6. The van der Waals surface area contributed by atoms with E-state index in [9.17, 15) is 9.59 Å². The van der Waals surface area contributed by atoms with Crippen LogP contribution in [0.15, 0.2) is 30.3 Å². The lowest BCUT2D eigenvalue weighted by Gasteiger charge is -2.34. The molecule has 1 aromatic carbocycles. The number of amides is 1. The zero-order valence-corrected chi connectivity index (χ0v) is 15.3. The van der Waals surface area contributed by atoms with Crippen molar-refractivity contribution >= 4 is 23.0 Å². The molecule has 1 aliphatic carbocycles. The summed E-state index contributed by atoms with van der Waals surface area (Å²) in [5.41, 5.74) is 6.00. The summed E-state index contributed by atoms with van der Waals surface area (Å²) in [6, 6.07) is 9.84. The molecule has 1 aliphatic heterocycles. The van der Waals surface area contributed by atoms with Crippen LogP contribution in [0.3, 0.4) is 0 Å². The molecule has 0 bridgehead atoms. The first-order chi connectivity index (χ1) is 12.6. The van der Waals surface area contributed by atoms with E-state index < -0.39 is 11.4 Å². The van der Waals surface area contributed by atoms with Crippen LogP contribution in [0.25, 0.3) is 10.4 Å². The molecule has 2 aliphatic rings. The number of ketones is 1. The highest BCUT2D eigenvalue weighted by Gasteiger charge is 2.41. The van der Waals surface area contributed by atoms with Crippen LogP contribution in [0, 0.1) is 6.42 Å². The molecular formula is C20H22N3O2S. The maximum atomic E-state index is 13.1. The third-order valence-corrected chi connectivity index (χ3v) is 6.36. The number of piperidine rings is 1. The normalized spacial score (nSPS) is 22.9. The van der Waals surface area contributed by atoms with E-state index in [1.807, 2.05) is 30.3 Å². The maximum absolute atomic E-state index is 13.1. The minimum absolute atomic E-state index is 0.222. The Morgan fingerprint density at radius 1 is 1.23 bits per heavy atom. The average Bonchev–Trinajstić information content (AvgIpc) is 3.41. The standard InChI is InChI=1S/C20H22N3O2S/c21-19(25)20(10-4-5-11-22-20)12-15(24)16-17(13-6-2-1-3-7-13)26-18(23-16)14-8-9-14/h1-3,6-7,12,14,22H,4-5,8-11H2,(H2,21,25). The smallest absolute Gasteiger partial charge is 0.238 e. The van der Waals surface area contributed by atoms with Gasteiger partial charge in [0.1, 0.15) is 11.2 Å². The summed E-state index contributed by atoms with van der Waals surface area (Å²) in [6.45, 7) is 0.683. The van der Waals surface area contributed by atoms with E-state index in [-0.39, 0.29) is 5.78 Å². The van der Waals surface area contributed by atoms with Gasteiger partial charge in [-0.15, -0.1) is 11.3 Å². The summed E-state index contributed by atoms with van der Waals surface area (Å²) < 4.78 is 0. The van der Waals surface area contributed by atoms with Gasteiger partial charge in [-0.2, -0.15) is 0 Å². The number of carbonyl (C=O) groups excluding carboxylic acids is 2. The van der Waals surface area contributed by atoms with E-state index >= 15 is 0 Å². The molecular weight excluding hydrogens is 346 g/mol. The fourth-order valence-electron chi connectivity index (χ4n) is 3.42. The SMILES string of the molecule is NC(=O)C1([CH]C(=O)c2nc(C3CC3)sc2-c2ccccc2)CCCCN1. The van der Waals surface area contributed by atoms with Crippen molar-refractivity contribution in [2.24, 2.45) is 5.73 Å². The largest absolute Gasteiger partial charge is 0.368 e. The van der Waals surface area contributed by atoms with Gasteiger partial charge in [-0.1, -0.05) is 30.3 Å². The van der Waals surface area contributed by atoms with Crippen LogP contribution >= 0.6 is 11.3 Å². The number of thiazole rings is 1. The molecule has 3 N–H and O–H groups in total. The van der Waals surface area contributed by atoms with E-state index in [1.54, 1.807) is 11.3 Å². The molecule has 1 atom stereocenters. The number of nitrogens with zero attached hydrogens (tertiary/aromatic N) is 1. The summed E-state index contributed by atoms with van der Waals surface area (Å²) in [6.07, 6.45) is 6.13. The van der Waals surface area contributed by atoms with Crippen LogP contribution in [-0.2, 0) is 4.79 Å². The first kappa shape index (κ1) is 17.4. The van der Waals surface area contributed by atoms with Gasteiger partial charge >= 0.3 is 0 Å². The van der Waals surface area contributed by atoms with E-state index in [4.69, 9.17) is 5.73 Å². The van der Waals surface area contributed by atoms with E-state index in [2.05, 4.69) is 10.3 Å². The van der Waals surface area contributed by atoms with Gasteiger partial charge in [0.15, 0.2) is 5.78 Å². The molecule has 1 amide bonds. The average molecular weight is 368 g/mol. The Kier molecular flexibility index (Phi) is 4.63. The lowest BCUT2D eigenvalue weighted by molar-refractivity contribution is -0.123. The van der Waals surface area contributed by atoms with Crippen molar-refractivity contribution in [1.82, 2.24) is 10.3 Å². The fourth-order valence-corrected chi connectivity index (χ4v) is 4.66. The second kappa shape index (κ2) is 6.93. The Balaban J connectivity index is 1.67. The van der Waals surface area contributed by atoms with Crippen molar-refractivity contribution in [3.63, 3.8) is 0 Å². The van der Waals surface area contributed by atoms with Crippen LogP contribution in [0.5, 0.6) is 0 Å². The van der Waals surface area contributed by atoms with Gasteiger partial charge in [0.25, 0.3) is 0 Å². The number of hydrogen-bond acceptors (Lipinski definition) is 5. The second-order valence-electron chi connectivity index (χ2n) is 7.10. The monoisotopic (exact) mass is 368 g/mol. The van der Waals surface area contributed by atoms with Crippen LogP contribution < -0.4 is 11.1 Å². The molecule has 1 aromatic heterocycles. The minimum Gasteiger partial charge on any atom is -0.368 e. The van der Waals surface area contributed by atoms with Crippen molar-refractivity contribution in [3.8, 4) is 10.4 Å². The van der Waals surface area contributed by atoms with E-state index in [0.29, 0.717) is 24.6 Å². The van der Waals surface area contributed by atoms with Gasteiger partial charge < -0.3 is 11.1 Å². The highest BCUT2D eigenvalue weighted by Crippen LogP contribution is 2.45. The molecule has 1 saturated carbocycles. The Bertz CT molecular complexity index is 821. The lowest BCUT2D eigenvalue weighted by Crippen LogP contribution is -2.59. The van der Waals surface area contributed by atoms with Crippen LogP contribution in [0.2, 0.25) is 0 Å². The number of hydrogen-bond donors (Lipinski definition) is 2. The Labute approximate surface area is 157 Å². The number of aromatic nitrogens is 1. The molecule has 6 heteroatoms. The minimum atomic E-state index is -1.06. The van der Waals surface area contributed by atoms with Crippen molar-refractivity contribution in [2.45, 2.75) is 43.6 Å². The van der Waals surface area contributed by atoms with Gasteiger partial charge in [0.05, 0.1) is 16.3 Å². The van der Waals surface area contributed by atoms with Crippen LogP contribution in [0.1, 0.15) is 53.5 Å². The summed E-state index contributed by atoms with van der Waals surface area (Å²) in [4.78, 5) is 30.7. The predicted molar refractivity (Wildman–Crippen MR) is 102 cm³/mol. The van der Waals surface area contributed by atoms with Gasteiger partial charge in [-0.05, 0) is 44.2 Å². The second-order valence-corrected chi connectivity index (χ2v) is 8.13. The highest BCUT2D eigenvalue weighted by atomic mass is 32.1. The Hall–Kier alpha value is -2.05. The number of carbonyl (C=O) groups is 2. The van der Waals surface area contributed by atoms with Crippen molar-refractivity contribution in [1.29, 1.82) is 0 Å². The quantitative estimate of drug-likeness (QED) is 0.768. The number of nitrogens with two attached hydrogens (primary N) is 1. The maximum Gasteiger partial charge on any atom is 0.238 e. The van der Waals surface area contributed by atoms with Gasteiger partial charge in [0, 0.05) is 5.92 Å². The first-order valence-electron chi connectivity index (χ1n) is 9.10. The fraction of sp³-hybridized carbons (Fsp3) is 0.400. The van der Waals surface area contributed by atoms with Gasteiger partial charge in [-0.3, -0.25) is 9.59 Å². The summed E-state index contributed by atoms with van der Waals surface area (Å²) in [5, 5.41) is 4.18. The third-order valence-electron chi connectivity index (χ3n) is 5.10. The van der Waals surface area contributed by atoms with Crippen molar-refractivity contribution in [3.05, 3.63) is 47.5 Å². The van der Waals surface area contributed by atoms with Crippen molar-refractivity contribution < 1.29 is 9.59 Å². The molecule has 2 heterocycles. The highest BCUT2D eigenvalue weighted by molar-refractivity contribution is 7.15. The molecule has 26 heavy (non-hydrogen) atoms. The van der Waals surface area contributed by atoms with E-state index in [1.165, 1.54) is 6.42 Å².